The SMILES string of the molecule is CN1CCCc2cc(CNCC3(C)CCCS3)ccc21. The second-order valence-electron chi connectivity index (χ2n) is 6.49. The molecule has 0 amide bonds. The Kier molecular flexibility index (Phi) is 4.27. The summed E-state index contributed by atoms with van der Waals surface area (Å²) in [5.74, 6) is 1.34. The van der Waals surface area contributed by atoms with E-state index in [0.717, 1.165) is 13.1 Å². The first kappa shape index (κ1) is 14.3. The molecule has 0 aliphatic carbocycles. The molecule has 1 aromatic carbocycles. The van der Waals surface area contributed by atoms with Crippen LogP contribution in [-0.4, -0.2) is 30.6 Å². The number of nitrogens with zero attached hydrogens (tertiary/aromatic N) is 1. The fraction of sp³-hybridized carbons (Fsp3) is 0.647. The van der Waals surface area contributed by atoms with E-state index in [0.29, 0.717) is 4.75 Å². The second kappa shape index (κ2) is 5.98. The topological polar surface area (TPSA) is 15.3 Å². The van der Waals surface area contributed by atoms with Crippen LogP contribution in [0.2, 0.25) is 0 Å². The van der Waals surface area contributed by atoms with Crippen LogP contribution in [0.1, 0.15) is 37.3 Å². The second-order valence-corrected chi connectivity index (χ2v) is 8.18. The summed E-state index contributed by atoms with van der Waals surface area (Å²) in [7, 11) is 2.20. The van der Waals surface area contributed by atoms with Crippen molar-refractivity contribution in [2.45, 2.75) is 43.9 Å². The van der Waals surface area contributed by atoms with E-state index >= 15 is 0 Å². The molecule has 1 aromatic rings. The van der Waals surface area contributed by atoms with Gasteiger partial charge in [0.1, 0.15) is 0 Å². The summed E-state index contributed by atoms with van der Waals surface area (Å²) in [5, 5.41) is 3.67. The Morgan fingerprint density at radius 2 is 2.25 bits per heavy atom. The standard InChI is InChI=1S/C17H26N2S/c1-17(8-4-10-20-17)13-18-12-14-6-7-16-15(11-14)5-3-9-19(16)2/h6-7,11,18H,3-5,8-10,12-13H2,1-2H3. The lowest BCUT2D eigenvalue weighted by Gasteiger charge is -2.28. The molecule has 2 heterocycles. The lowest BCUT2D eigenvalue weighted by molar-refractivity contribution is 0.537. The molecule has 1 saturated heterocycles. The molecule has 1 unspecified atom stereocenters. The average molecular weight is 290 g/mol. The zero-order chi connectivity index (χ0) is 14.0. The average Bonchev–Trinajstić information content (AvgIpc) is 2.86. The predicted molar refractivity (Wildman–Crippen MR) is 89.8 cm³/mol. The van der Waals surface area contributed by atoms with Crippen LogP contribution < -0.4 is 10.2 Å². The Morgan fingerprint density at radius 3 is 3.05 bits per heavy atom. The third-order valence-corrected chi connectivity index (χ3v) is 6.16. The molecule has 2 aliphatic rings. The third-order valence-electron chi connectivity index (χ3n) is 4.62. The molecule has 0 aromatic heterocycles. The number of nitrogens with one attached hydrogen (secondary N) is 1. The number of fused-ring (bicyclic) bond motifs is 1. The molecule has 2 nitrogen and oxygen atoms in total. The lowest BCUT2D eigenvalue weighted by atomic mass is 9.99. The summed E-state index contributed by atoms with van der Waals surface area (Å²) in [6.45, 7) is 5.74. The highest BCUT2D eigenvalue weighted by atomic mass is 32.2. The molecule has 20 heavy (non-hydrogen) atoms. The smallest absolute Gasteiger partial charge is 0.0396 e. The van der Waals surface area contributed by atoms with Crippen molar-refractivity contribution in [3.05, 3.63) is 29.3 Å². The van der Waals surface area contributed by atoms with Gasteiger partial charge in [-0.05, 0) is 55.6 Å². The van der Waals surface area contributed by atoms with Crippen molar-refractivity contribution < 1.29 is 0 Å². The third kappa shape index (κ3) is 3.15. The molecule has 0 saturated carbocycles. The maximum atomic E-state index is 3.67. The Hall–Kier alpha value is -0.670. The van der Waals surface area contributed by atoms with Crippen LogP contribution >= 0.6 is 11.8 Å². The zero-order valence-electron chi connectivity index (χ0n) is 12.7. The van der Waals surface area contributed by atoms with E-state index in [4.69, 9.17) is 0 Å². The lowest BCUT2D eigenvalue weighted by Crippen LogP contribution is -2.32. The van der Waals surface area contributed by atoms with Crippen LogP contribution in [0.25, 0.3) is 0 Å². The van der Waals surface area contributed by atoms with Crippen molar-refractivity contribution in [3.63, 3.8) is 0 Å². The summed E-state index contributed by atoms with van der Waals surface area (Å²) in [6.07, 6.45) is 5.27. The van der Waals surface area contributed by atoms with Crippen molar-refractivity contribution >= 4 is 17.4 Å². The van der Waals surface area contributed by atoms with Gasteiger partial charge in [0.05, 0.1) is 0 Å². The van der Waals surface area contributed by atoms with Gasteiger partial charge in [-0.3, -0.25) is 0 Å². The molecule has 1 atom stereocenters. The monoisotopic (exact) mass is 290 g/mol. The van der Waals surface area contributed by atoms with E-state index in [9.17, 15) is 0 Å². The summed E-state index contributed by atoms with van der Waals surface area (Å²) < 4.78 is 0.467. The summed E-state index contributed by atoms with van der Waals surface area (Å²) >= 11 is 2.13. The molecular weight excluding hydrogens is 264 g/mol. The zero-order valence-corrected chi connectivity index (χ0v) is 13.6. The summed E-state index contributed by atoms with van der Waals surface area (Å²) in [4.78, 5) is 2.38. The van der Waals surface area contributed by atoms with E-state index in [-0.39, 0.29) is 0 Å². The minimum atomic E-state index is 0.467. The Bertz CT molecular complexity index is 466. The first-order chi connectivity index (χ1) is 9.66. The number of anilines is 1. The highest BCUT2D eigenvalue weighted by Gasteiger charge is 2.28. The van der Waals surface area contributed by atoms with Gasteiger partial charge in [0, 0.05) is 37.1 Å². The van der Waals surface area contributed by atoms with Crippen LogP contribution in [0.3, 0.4) is 0 Å². The molecule has 1 N–H and O–H groups in total. The van der Waals surface area contributed by atoms with Crippen molar-refractivity contribution in [3.8, 4) is 0 Å². The number of aryl methyl sites for hydroxylation is 1. The summed E-state index contributed by atoms with van der Waals surface area (Å²) in [6, 6.07) is 7.00. The fourth-order valence-electron chi connectivity index (χ4n) is 3.40. The van der Waals surface area contributed by atoms with Gasteiger partial charge in [0.15, 0.2) is 0 Å². The van der Waals surface area contributed by atoms with Crippen LogP contribution in [0, 0.1) is 0 Å². The van der Waals surface area contributed by atoms with Crippen LogP contribution in [0.5, 0.6) is 0 Å². The Morgan fingerprint density at radius 1 is 1.35 bits per heavy atom. The maximum absolute atomic E-state index is 3.67. The molecule has 0 radical (unpaired) electrons. The normalized spacial score (nSPS) is 25.8. The number of benzene rings is 1. The Balaban J connectivity index is 1.58. The van der Waals surface area contributed by atoms with Gasteiger partial charge in [-0.25, -0.2) is 0 Å². The Labute approximate surface area is 127 Å². The number of hydrogen-bond acceptors (Lipinski definition) is 3. The molecular formula is C17H26N2S. The molecule has 0 spiro atoms. The van der Waals surface area contributed by atoms with E-state index in [1.165, 1.54) is 54.8 Å². The van der Waals surface area contributed by atoms with Crippen molar-refractivity contribution in [2.75, 3.05) is 30.8 Å². The first-order valence-corrected chi connectivity index (χ1v) is 8.82. The largest absolute Gasteiger partial charge is 0.374 e. The number of rotatable bonds is 4. The number of thioether (sulfide) groups is 1. The van der Waals surface area contributed by atoms with Gasteiger partial charge in [-0.1, -0.05) is 12.1 Å². The van der Waals surface area contributed by atoms with Crippen molar-refractivity contribution in [1.29, 1.82) is 0 Å². The van der Waals surface area contributed by atoms with Gasteiger partial charge in [0.2, 0.25) is 0 Å². The first-order valence-electron chi connectivity index (χ1n) is 7.84. The highest BCUT2D eigenvalue weighted by molar-refractivity contribution is 8.00. The molecule has 3 rings (SSSR count). The minimum absolute atomic E-state index is 0.467. The highest BCUT2D eigenvalue weighted by Crippen LogP contribution is 2.37. The molecule has 0 bridgehead atoms. The number of hydrogen-bond donors (Lipinski definition) is 1. The predicted octanol–water partition coefficient (Wildman–Crippen LogP) is 3.44. The summed E-state index contributed by atoms with van der Waals surface area (Å²) in [5.41, 5.74) is 4.39. The van der Waals surface area contributed by atoms with Crippen LogP contribution in [0.4, 0.5) is 5.69 Å². The molecule has 110 valence electrons. The fourth-order valence-corrected chi connectivity index (χ4v) is 4.67. The van der Waals surface area contributed by atoms with E-state index in [2.05, 4.69) is 54.1 Å². The molecule has 1 fully saturated rings. The molecule has 2 aliphatic heterocycles. The minimum Gasteiger partial charge on any atom is -0.374 e. The molecule has 3 heteroatoms. The van der Waals surface area contributed by atoms with Crippen LogP contribution in [-0.2, 0) is 13.0 Å². The van der Waals surface area contributed by atoms with Gasteiger partial charge < -0.3 is 10.2 Å². The van der Waals surface area contributed by atoms with Gasteiger partial charge in [-0.15, -0.1) is 0 Å². The van der Waals surface area contributed by atoms with Crippen molar-refractivity contribution in [1.82, 2.24) is 5.32 Å². The van der Waals surface area contributed by atoms with Gasteiger partial charge in [-0.2, -0.15) is 11.8 Å². The maximum Gasteiger partial charge on any atom is 0.0396 e. The van der Waals surface area contributed by atoms with Crippen molar-refractivity contribution in [2.24, 2.45) is 0 Å². The van der Waals surface area contributed by atoms with E-state index < -0.39 is 0 Å². The van der Waals surface area contributed by atoms with Gasteiger partial charge in [0.25, 0.3) is 0 Å². The van der Waals surface area contributed by atoms with Gasteiger partial charge >= 0.3 is 0 Å². The quantitative estimate of drug-likeness (QED) is 0.914. The van der Waals surface area contributed by atoms with Crippen LogP contribution in [0.15, 0.2) is 18.2 Å². The van der Waals surface area contributed by atoms with E-state index in [1.54, 1.807) is 0 Å². The van der Waals surface area contributed by atoms with E-state index in [1.807, 2.05) is 0 Å².